The number of aromatic hydroxyl groups is 1. The van der Waals surface area contributed by atoms with Crippen LogP contribution in [-0.4, -0.2) is 25.0 Å². The van der Waals surface area contributed by atoms with Crippen molar-refractivity contribution in [1.82, 2.24) is 0 Å². The van der Waals surface area contributed by atoms with Gasteiger partial charge in [-0.25, -0.2) is 4.79 Å². The lowest BCUT2D eigenvalue weighted by Gasteiger charge is -2.11. The molecule has 0 radical (unpaired) electrons. The van der Waals surface area contributed by atoms with Crippen LogP contribution in [0.4, 0.5) is 0 Å². The number of phenolic OH excluding ortho intramolecular Hbond substituents is 1. The third kappa shape index (κ3) is 2.74. The Bertz CT molecular complexity index is 761. The molecule has 1 N–H and O–H groups in total. The van der Waals surface area contributed by atoms with Gasteiger partial charge in [-0.05, 0) is 18.6 Å². The molecule has 21 heavy (non-hydrogen) atoms. The van der Waals surface area contributed by atoms with Crippen molar-refractivity contribution in [3.63, 3.8) is 0 Å². The van der Waals surface area contributed by atoms with Gasteiger partial charge in [-0.1, -0.05) is 23.9 Å². The summed E-state index contributed by atoms with van der Waals surface area (Å²) in [5.41, 5.74) is 0.412. The molecule has 0 fully saturated rings. The van der Waals surface area contributed by atoms with E-state index in [9.17, 15) is 9.90 Å². The minimum absolute atomic E-state index is 0.0505. The number of hydrogen-bond donors (Lipinski definition) is 1. The normalized spacial score (nSPS) is 11.0. The van der Waals surface area contributed by atoms with Crippen LogP contribution in [0.1, 0.15) is 11.1 Å². The molecular weight excluding hydrogens is 274 g/mol. The highest BCUT2D eigenvalue weighted by Gasteiger charge is 2.19. The molecule has 0 spiro atoms. The second-order valence-corrected chi connectivity index (χ2v) is 4.25. The number of ether oxygens (including phenoxy) is 1. The Kier molecular flexibility index (Phi) is 4.27. The first kappa shape index (κ1) is 14.6. The van der Waals surface area contributed by atoms with E-state index < -0.39 is 5.63 Å². The average molecular weight is 289 g/mol. The van der Waals surface area contributed by atoms with Gasteiger partial charge in [-0.15, -0.1) is 0 Å². The lowest BCUT2D eigenvalue weighted by molar-refractivity contribution is 0.215. The summed E-state index contributed by atoms with van der Waals surface area (Å²) in [4.78, 5) is 16.7. The van der Waals surface area contributed by atoms with Crippen molar-refractivity contribution in [1.29, 1.82) is 0 Å². The van der Waals surface area contributed by atoms with Gasteiger partial charge in [0.05, 0.1) is 6.21 Å². The lowest BCUT2D eigenvalue weighted by atomic mass is 10.1. The summed E-state index contributed by atoms with van der Waals surface area (Å²) in [6, 6.07) is 3.16. The predicted molar refractivity (Wildman–Crippen MR) is 79.2 cm³/mol. The van der Waals surface area contributed by atoms with E-state index in [-0.39, 0.29) is 29.3 Å². The Morgan fingerprint density at radius 1 is 1.48 bits per heavy atom. The van der Waals surface area contributed by atoms with Crippen LogP contribution in [0.3, 0.4) is 0 Å². The molecule has 0 saturated heterocycles. The maximum Gasteiger partial charge on any atom is 0.349 e. The number of aryl methyl sites for hydroxylation is 1. The molecule has 0 atom stereocenters. The first-order chi connectivity index (χ1) is 10.1. The van der Waals surface area contributed by atoms with Gasteiger partial charge in [0.1, 0.15) is 36.0 Å². The molecule has 1 heterocycles. The fourth-order valence-electron chi connectivity index (χ4n) is 1.91. The second kappa shape index (κ2) is 6.13. The van der Waals surface area contributed by atoms with Crippen LogP contribution in [0, 0.1) is 6.92 Å². The van der Waals surface area contributed by atoms with Gasteiger partial charge in [-0.3, -0.25) is 0 Å². The maximum absolute atomic E-state index is 12.1. The van der Waals surface area contributed by atoms with Crippen molar-refractivity contribution in [3.05, 3.63) is 46.3 Å². The smallest absolute Gasteiger partial charge is 0.349 e. The SMILES string of the molecule is C=CCOc1c(C=NOC)c(=O)oc2c(C)ccc(O)c12. The van der Waals surface area contributed by atoms with Gasteiger partial charge in [0.15, 0.2) is 5.75 Å². The molecule has 0 saturated carbocycles. The molecule has 6 nitrogen and oxygen atoms in total. The highest BCUT2D eigenvalue weighted by molar-refractivity contribution is 5.98. The van der Waals surface area contributed by atoms with E-state index in [4.69, 9.17) is 9.15 Å². The average Bonchev–Trinajstić information content (AvgIpc) is 2.47. The minimum Gasteiger partial charge on any atom is -0.507 e. The third-order valence-electron chi connectivity index (χ3n) is 2.85. The van der Waals surface area contributed by atoms with Crippen molar-refractivity contribution in [2.24, 2.45) is 5.16 Å². The van der Waals surface area contributed by atoms with Crippen molar-refractivity contribution in [3.8, 4) is 11.5 Å². The topological polar surface area (TPSA) is 81.3 Å². The lowest BCUT2D eigenvalue weighted by Crippen LogP contribution is -2.11. The molecule has 2 aromatic rings. The Labute approximate surface area is 120 Å². The number of benzene rings is 1. The molecule has 1 aromatic heterocycles. The van der Waals surface area contributed by atoms with Gasteiger partial charge >= 0.3 is 5.63 Å². The van der Waals surface area contributed by atoms with Crippen LogP contribution in [0.5, 0.6) is 11.5 Å². The van der Waals surface area contributed by atoms with Crippen LogP contribution < -0.4 is 10.4 Å². The van der Waals surface area contributed by atoms with Gasteiger partial charge < -0.3 is 19.1 Å². The van der Waals surface area contributed by atoms with Crippen LogP contribution in [0.25, 0.3) is 11.0 Å². The van der Waals surface area contributed by atoms with E-state index in [1.54, 1.807) is 13.0 Å². The van der Waals surface area contributed by atoms with Crippen LogP contribution in [-0.2, 0) is 4.84 Å². The summed E-state index contributed by atoms with van der Waals surface area (Å²) in [5.74, 6) is 0.133. The summed E-state index contributed by atoms with van der Waals surface area (Å²) >= 11 is 0. The molecule has 0 bridgehead atoms. The number of fused-ring (bicyclic) bond motifs is 1. The fourth-order valence-corrected chi connectivity index (χ4v) is 1.91. The van der Waals surface area contributed by atoms with E-state index in [1.807, 2.05) is 0 Å². The highest BCUT2D eigenvalue weighted by Crippen LogP contribution is 2.35. The van der Waals surface area contributed by atoms with E-state index in [2.05, 4.69) is 16.6 Å². The molecule has 110 valence electrons. The van der Waals surface area contributed by atoms with Crippen molar-refractivity contribution in [2.75, 3.05) is 13.7 Å². The monoisotopic (exact) mass is 289 g/mol. The molecule has 0 unspecified atom stereocenters. The van der Waals surface area contributed by atoms with Crippen LogP contribution in [0.2, 0.25) is 0 Å². The second-order valence-electron chi connectivity index (χ2n) is 4.25. The summed E-state index contributed by atoms with van der Waals surface area (Å²) in [6.45, 7) is 5.50. The van der Waals surface area contributed by atoms with Crippen molar-refractivity contribution < 1.29 is 19.1 Å². The van der Waals surface area contributed by atoms with E-state index >= 15 is 0 Å². The zero-order chi connectivity index (χ0) is 15.4. The first-order valence-corrected chi connectivity index (χ1v) is 6.19. The molecule has 0 amide bonds. The van der Waals surface area contributed by atoms with E-state index in [1.165, 1.54) is 25.5 Å². The summed E-state index contributed by atoms with van der Waals surface area (Å²) in [6.07, 6.45) is 2.72. The van der Waals surface area contributed by atoms with Gasteiger partial charge in [0.25, 0.3) is 0 Å². The first-order valence-electron chi connectivity index (χ1n) is 6.19. The summed E-state index contributed by atoms with van der Waals surface area (Å²) < 4.78 is 10.8. The highest BCUT2D eigenvalue weighted by atomic mass is 16.6. The fraction of sp³-hybridized carbons (Fsp3) is 0.200. The van der Waals surface area contributed by atoms with Gasteiger partial charge in [0, 0.05) is 0 Å². The Morgan fingerprint density at radius 2 is 2.24 bits per heavy atom. The Morgan fingerprint density at radius 3 is 2.90 bits per heavy atom. The number of hydrogen-bond acceptors (Lipinski definition) is 6. The molecule has 6 heteroatoms. The molecule has 2 rings (SSSR count). The number of nitrogens with zero attached hydrogens (tertiary/aromatic N) is 1. The molecule has 1 aromatic carbocycles. The van der Waals surface area contributed by atoms with Crippen LogP contribution >= 0.6 is 0 Å². The van der Waals surface area contributed by atoms with E-state index in [0.29, 0.717) is 10.9 Å². The number of phenols is 1. The largest absolute Gasteiger partial charge is 0.507 e. The minimum atomic E-state index is -0.629. The zero-order valence-corrected chi connectivity index (χ0v) is 11.8. The standard InChI is InChI=1S/C15H15NO5/c1-4-7-20-14-10(8-16-19-3)15(18)21-13-9(2)5-6-11(17)12(13)14/h4-6,8,17H,1,7H2,2-3H3. The van der Waals surface area contributed by atoms with Gasteiger partial charge in [-0.2, -0.15) is 0 Å². The van der Waals surface area contributed by atoms with Crippen molar-refractivity contribution >= 4 is 17.2 Å². The quantitative estimate of drug-likeness (QED) is 0.395. The molecular formula is C15H15NO5. The van der Waals surface area contributed by atoms with Crippen molar-refractivity contribution in [2.45, 2.75) is 6.92 Å². The van der Waals surface area contributed by atoms with E-state index in [0.717, 1.165) is 0 Å². The Balaban J connectivity index is 2.85. The predicted octanol–water partition coefficient (Wildman–Crippen LogP) is 2.35. The third-order valence-corrected chi connectivity index (χ3v) is 2.85. The van der Waals surface area contributed by atoms with Gasteiger partial charge in [0.2, 0.25) is 0 Å². The summed E-state index contributed by atoms with van der Waals surface area (Å²) in [7, 11) is 1.35. The molecule has 0 aliphatic carbocycles. The van der Waals surface area contributed by atoms with Crippen LogP contribution in [0.15, 0.2) is 39.2 Å². The maximum atomic E-state index is 12.1. The number of oxime groups is 1. The summed E-state index contributed by atoms with van der Waals surface area (Å²) in [5, 5.41) is 13.9. The molecule has 0 aliphatic heterocycles. The Hall–Kier alpha value is -2.76. The number of rotatable bonds is 5. The molecule has 0 aliphatic rings. The zero-order valence-electron chi connectivity index (χ0n) is 11.8.